The lowest BCUT2D eigenvalue weighted by Gasteiger charge is -2.25. The van der Waals surface area contributed by atoms with Crippen LogP contribution in [0.5, 0.6) is 0 Å². The lowest BCUT2D eigenvalue weighted by atomic mass is 9.93. The summed E-state index contributed by atoms with van der Waals surface area (Å²) in [5.41, 5.74) is 3.21. The van der Waals surface area contributed by atoms with Crippen LogP contribution in [0.4, 0.5) is 0 Å². The van der Waals surface area contributed by atoms with E-state index in [0.717, 1.165) is 0 Å². The predicted octanol–water partition coefficient (Wildman–Crippen LogP) is -1.80. The minimum absolute atomic E-state index is 0.272. The van der Waals surface area contributed by atoms with Gasteiger partial charge in [0.25, 0.3) is 5.84 Å². The zero-order chi connectivity index (χ0) is 12.5. The number of amidine groups is 1. The summed E-state index contributed by atoms with van der Waals surface area (Å²) in [6.07, 6.45) is 0. The Balaban J connectivity index is 2.28. The Hall–Kier alpha value is -1.63. The van der Waals surface area contributed by atoms with Gasteiger partial charge in [-0.05, 0) is 0 Å². The number of hydrogen-bond donors (Lipinski definition) is 2. The molecule has 1 aliphatic carbocycles. The summed E-state index contributed by atoms with van der Waals surface area (Å²) in [7, 11) is 0. The molecule has 2 unspecified atom stereocenters. The van der Waals surface area contributed by atoms with Gasteiger partial charge >= 0.3 is 5.91 Å². The van der Waals surface area contributed by atoms with Crippen molar-refractivity contribution in [2.45, 2.75) is 19.8 Å². The third-order valence-corrected chi connectivity index (χ3v) is 4.60. The fourth-order valence-corrected chi connectivity index (χ4v) is 3.72. The molecule has 2 fully saturated rings. The second kappa shape index (κ2) is 2.45. The number of rotatable bonds is 0. The minimum atomic E-state index is -1.26. The topological polar surface area (TPSA) is 106 Å². The van der Waals surface area contributed by atoms with Gasteiger partial charge in [-0.2, -0.15) is 10.5 Å². The highest BCUT2D eigenvalue weighted by Crippen LogP contribution is 2.82. The maximum Gasteiger partial charge on any atom is 0.343 e. The maximum absolute atomic E-state index is 9.57. The highest BCUT2D eigenvalue weighted by molar-refractivity contribution is 5.94. The summed E-state index contributed by atoms with van der Waals surface area (Å²) < 4.78 is 11.1. The van der Waals surface area contributed by atoms with E-state index in [1.54, 1.807) is 0 Å². The average Bonchev–Trinajstić information content (AvgIpc) is 2.63. The second-order valence-corrected chi connectivity index (χ2v) is 5.20. The molecule has 2 aliphatic heterocycles. The molecule has 0 aromatic carbocycles. The first-order valence-electron chi connectivity index (χ1n) is 5.47. The smallest absolute Gasteiger partial charge is 0.311 e. The van der Waals surface area contributed by atoms with E-state index in [4.69, 9.17) is 15.2 Å². The average molecular weight is 233 g/mol. The van der Waals surface area contributed by atoms with Gasteiger partial charge in [-0.25, -0.2) is 4.99 Å². The molecule has 2 heterocycles. The summed E-state index contributed by atoms with van der Waals surface area (Å²) >= 11 is 0. The van der Waals surface area contributed by atoms with E-state index >= 15 is 0 Å². The van der Waals surface area contributed by atoms with E-state index in [9.17, 15) is 10.5 Å². The van der Waals surface area contributed by atoms with Gasteiger partial charge in [0.05, 0.1) is 25.4 Å². The first-order valence-corrected chi connectivity index (χ1v) is 5.47. The molecule has 0 aromatic heterocycles. The van der Waals surface area contributed by atoms with Gasteiger partial charge in [0.1, 0.15) is 0 Å². The Labute approximate surface area is 98.6 Å². The van der Waals surface area contributed by atoms with Crippen LogP contribution in [0.3, 0.4) is 0 Å². The van der Waals surface area contributed by atoms with Gasteiger partial charge in [-0.1, -0.05) is 13.8 Å². The van der Waals surface area contributed by atoms with Crippen LogP contribution in [-0.2, 0) is 9.47 Å². The van der Waals surface area contributed by atoms with E-state index in [-0.39, 0.29) is 5.84 Å². The van der Waals surface area contributed by atoms with Crippen molar-refractivity contribution in [1.29, 1.82) is 10.5 Å². The van der Waals surface area contributed by atoms with Crippen LogP contribution >= 0.6 is 0 Å². The molecule has 3 rings (SSSR count). The van der Waals surface area contributed by atoms with Gasteiger partial charge in [0.15, 0.2) is 10.8 Å². The van der Waals surface area contributed by atoms with Crippen LogP contribution in [0, 0.1) is 38.9 Å². The Kier molecular flexibility index (Phi) is 1.52. The molecule has 1 saturated carbocycles. The van der Waals surface area contributed by atoms with Crippen LogP contribution in [0.1, 0.15) is 13.8 Å². The molecule has 3 N–H and O–H groups in total. The quantitative estimate of drug-likeness (QED) is 0.513. The van der Waals surface area contributed by atoms with Crippen LogP contribution in [0.25, 0.3) is 0 Å². The summed E-state index contributed by atoms with van der Waals surface area (Å²) in [5.74, 6) is -0.987. The number of fused-ring (bicyclic) bond motifs is 2. The molecule has 0 aromatic rings. The predicted molar refractivity (Wildman–Crippen MR) is 54.7 cm³/mol. The zero-order valence-electron chi connectivity index (χ0n) is 9.70. The van der Waals surface area contributed by atoms with Crippen molar-refractivity contribution in [2.75, 3.05) is 13.2 Å². The van der Waals surface area contributed by atoms with E-state index in [0.29, 0.717) is 13.2 Å². The van der Waals surface area contributed by atoms with Crippen LogP contribution in [0.15, 0.2) is 0 Å². The van der Waals surface area contributed by atoms with Crippen LogP contribution in [-0.4, -0.2) is 25.0 Å². The van der Waals surface area contributed by atoms with E-state index < -0.39 is 22.2 Å². The zero-order valence-corrected chi connectivity index (χ0v) is 9.70. The normalized spacial score (nSPS) is 43.6. The molecule has 6 nitrogen and oxygen atoms in total. The summed E-state index contributed by atoms with van der Waals surface area (Å²) in [6.45, 7) is 4.47. The number of ether oxygens (including phenoxy) is 2. The Morgan fingerprint density at radius 3 is 2.24 bits per heavy atom. The molecule has 88 valence electrons. The third kappa shape index (κ3) is 0.645. The molecule has 0 bridgehead atoms. The number of nitriles is 2. The first kappa shape index (κ1) is 10.5. The van der Waals surface area contributed by atoms with Crippen molar-refractivity contribution in [3.05, 3.63) is 0 Å². The van der Waals surface area contributed by atoms with Crippen molar-refractivity contribution in [2.24, 2.45) is 22.0 Å². The molecule has 6 heteroatoms. The lowest BCUT2D eigenvalue weighted by molar-refractivity contribution is -0.678. The molecule has 17 heavy (non-hydrogen) atoms. The van der Waals surface area contributed by atoms with E-state index in [1.807, 2.05) is 13.8 Å². The second-order valence-electron chi connectivity index (χ2n) is 5.20. The Morgan fingerprint density at radius 1 is 1.24 bits per heavy atom. The van der Waals surface area contributed by atoms with Crippen molar-refractivity contribution in [3.63, 3.8) is 0 Å². The van der Waals surface area contributed by atoms with E-state index in [1.165, 1.54) is 0 Å². The highest BCUT2D eigenvalue weighted by atomic mass is 16.8. The molecule has 1 saturated heterocycles. The Morgan fingerprint density at radius 2 is 1.82 bits per heavy atom. The largest absolute Gasteiger partial charge is 0.343 e. The monoisotopic (exact) mass is 233 g/mol. The third-order valence-electron chi connectivity index (χ3n) is 4.60. The maximum atomic E-state index is 9.57. The first-order chi connectivity index (χ1) is 7.96. The van der Waals surface area contributed by atoms with Gasteiger partial charge in [-0.15, -0.1) is 0 Å². The molecule has 0 amide bonds. The number of hydrogen-bond acceptors (Lipinski definition) is 5. The minimum Gasteiger partial charge on any atom is -0.311 e. The van der Waals surface area contributed by atoms with Crippen molar-refractivity contribution in [3.8, 4) is 12.1 Å². The molecule has 2 atom stereocenters. The van der Waals surface area contributed by atoms with Crippen LogP contribution < -0.4 is 10.7 Å². The van der Waals surface area contributed by atoms with Crippen LogP contribution in [0.2, 0.25) is 0 Å². The number of nitrogens with zero attached hydrogens (tertiary/aromatic N) is 2. The summed E-state index contributed by atoms with van der Waals surface area (Å²) in [6, 6.07) is 4.41. The van der Waals surface area contributed by atoms with Gasteiger partial charge < -0.3 is 9.47 Å². The molecule has 0 radical (unpaired) electrons. The van der Waals surface area contributed by atoms with Crippen molar-refractivity contribution >= 4 is 5.84 Å². The molecular weight excluding hydrogens is 220 g/mol. The van der Waals surface area contributed by atoms with Gasteiger partial charge in [0, 0.05) is 5.41 Å². The SMILES string of the molecule is CC1(C)C2(C#N)C(N)=[NH+]C3(OCCO3)C12C#N. The summed E-state index contributed by atoms with van der Waals surface area (Å²) in [5, 5.41) is 19.0. The fourth-order valence-electron chi connectivity index (χ4n) is 3.72. The highest BCUT2D eigenvalue weighted by Gasteiger charge is 3.01. The number of nitrogens with one attached hydrogen (secondary N) is 1. The van der Waals surface area contributed by atoms with Crippen molar-refractivity contribution < 1.29 is 14.5 Å². The van der Waals surface area contributed by atoms with Gasteiger partial charge in [0.2, 0.25) is 0 Å². The van der Waals surface area contributed by atoms with Gasteiger partial charge in [-0.3, -0.25) is 5.73 Å². The number of nitrogens with two attached hydrogens (primary N) is 1. The Bertz CT molecular complexity index is 521. The summed E-state index contributed by atoms with van der Waals surface area (Å²) in [4.78, 5) is 2.87. The van der Waals surface area contributed by atoms with E-state index in [2.05, 4.69) is 17.1 Å². The standard InChI is InChI=1S/C11H12N4O2/c1-8(2)9(5-12)7(14)15-11(10(8,9)6-13)16-3-4-17-11/h3-4H2,1-2H3,(H2,14,15)/p+1. The molecular formula is C11H13N4O2+. The molecule has 1 spiro atoms. The fraction of sp³-hybridized carbons (Fsp3) is 0.727. The van der Waals surface area contributed by atoms with Crippen molar-refractivity contribution in [1.82, 2.24) is 0 Å². The molecule has 3 aliphatic rings. The lowest BCUT2D eigenvalue weighted by Crippen LogP contribution is -2.90.